The van der Waals surface area contributed by atoms with Crippen molar-refractivity contribution in [3.8, 4) is 0 Å². The van der Waals surface area contributed by atoms with Crippen molar-refractivity contribution >= 4 is 27.0 Å². The smallest absolute Gasteiger partial charge is 0.335 e. The standard InChI is InChI=1S/C15H36O2SSi2/c1-9-11-16-20(8,17-12-10-2)14-13-18-19(6,7)15(3,4)5/h9-14H2,1-8H3. The van der Waals surface area contributed by atoms with E-state index in [-0.39, 0.29) is 0 Å². The van der Waals surface area contributed by atoms with Crippen LogP contribution in [0.2, 0.25) is 30.7 Å². The molecule has 0 N–H and O–H groups in total. The van der Waals surface area contributed by atoms with E-state index in [0.717, 1.165) is 32.1 Å². The lowest BCUT2D eigenvalue weighted by atomic mass is 10.2. The van der Waals surface area contributed by atoms with Crippen LogP contribution in [0.5, 0.6) is 0 Å². The predicted molar refractivity (Wildman–Crippen MR) is 98.6 cm³/mol. The molecule has 0 fully saturated rings. The van der Waals surface area contributed by atoms with Crippen molar-refractivity contribution in [3.05, 3.63) is 0 Å². The lowest BCUT2D eigenvalue weighted by molar-refractivity contribution is 0.174. The van der Waals surface area contributed by atoms with Crippen LogP contribution in [-0.2, 0) is 8.85 Å². The molecule has 0 aromatic heterocycles. The van der Waals surface area contributed by atoms with Crippen LogP contribution in [0.25, 0.3) is 0 Å². The maximum atomic E-state index is 6.10. The average molecular weight is 337 g/mol. The van der Waals surface area contributed by atoms with Gasteiger partial charge in [0.25, 0.3) is 0 Å². The maximum Gasteiger partial charge on any atom is 0.335 e. The molecule has 0 bridgehead atoms. The third-order valence-electron chi connectivity index (χ3n) is 4.05. The Labute approximate surface area is 133 Å². The molecule has 0 aliphatic rings. The van der Waals surface area contributed by atoms with E-state index in [1.54, 1.807) is 0 Å². The van der Waals surface area contributed by atoms with Gasteiger partial charge in [-0.2, -0.15) is 11.2 Å². The summed E-state index contributed by atoms with van der Waals surface area (Å²) in [6, 6.07) is 1.12. The van der Waals surface area contributed by atoms with Crippen molar-refractivity contribution in [3.63, 3.8) is 0 Å². The van der Waals surface area contributed by atoms with E-state index in [1.807, 2.05) is 0 Å². The van der Waals surface area contributed by atoms with Crippen molar-refractivity contribution in [1.29, 1.82) is 0 Å². The average Bonchev–Trinajstić information content (AvgIpc) is 2.32. The van der Waals surface area contributed by atoms with Crippen molar-refractivity contribution in [2.24, 2.45) is 0 Å². The summed E-state index contributed by atoms with van der Waals surface area (Å²) >= 11 is 2.19. The fraction of sp³-hybridized carbons (Fsp3) is 1.00. The summed E-state index contributed by atoms with van der Waals surface area (Å²) in [4.78, 5) is 0. The topological polar surface area (TPSA) is 18.5 Å². The molecule has 0 saturated carbocycles. The molecule has 0 unspecified atom stereocenters. The SMILES string of the molecule is CCCO[Si](C)(CCS[Si](C)(C)C(C)(C)C)OCCC. The molecule has 0 saturated heterocycles. The van der Waals surface area contributed by atoms with E-state index in [1.165, 1.54) is 5.75 Å². The Morgan fingerprint density at radius 3 is 1.70 bits per heavy atom. The highest BCUT2D eigenvalue weighted by molar-refractivity contribution is 8.29. The van der Waals surface area contributed by atoms with E-state index in [9.17, 15) is 0 Å². The summed E-state index contributed by atoms with van der Waals surface area (Å²) in [6.07, 6.45) is 2.15. The van der Waals surface area contributed by atoms with Crippen molar-refractivity contribution in [2.45, 2.75) is 78.2 Å². The summed E-state index contributed by atoms with van der Waals surface area (Å²) in [5, 5.41) is 0.449. The summed E-state index contributed by atoms with van der Waals surface area (Å²) in [5.74, 6) is 1.19. The van der Waals surface area contributed by atoms with Crippen molar-refractivity contribution in [1.82, 2.24) is 0 Å². The molecule has 0 spiro atoms. The molecule has 0 amide bonds. The van der Waals surface area contributed by atoms with Gasteiger partial charge in [0.2, 0.25) is 0 Å². The third-order valence-corrected chi connectivity index (χ3v) is 16.6. The summed E-state index contributed by atoms with van der Waals surface area (Å²) in [7, 11) is -3.19. The largest absolute Gasteiger partial charge is 0.394 e. The van der Waals surface area contributed by atoms with Crippen LogP contribution in [0.15, 0.2) is 0 Å². The van der Waals surface area contributed by atoms with Crippen LogP contribution in [-0.4, -0.2) is 34.8 Å². The second-order valence-electron chi connectivity index (χ2n) is 7.19. The van der Waals surface area contributed by atoms with Gasteiger partial charge in [0.15, 0.2) is 0 Å². The van der Waals surface area contributed by atoms with Crippen LogP contribution in [0, 0.1) is 0 Å². The van der Waals surface area contributed by atoms with Gasteiger partial charge < -0.3 is 8.85 Å². The summed E-state index contributed by atoms with van der Waals surface area (Å²) in [5.41, 5.74) is 0. The Kier molecular flexibility index (Phi) is 9.30. The Morgan fingerprint density at radius 2 is 1.35 bits per heavy atom. The molecule has 0 atom stereocenters. The molecular weight excluding hydrogens is 300 g/mol. The lowest BCUT2D eigenvalue weighted by Crippen LogP contribution is -2.41. The number of hydrogen-bond acceptors (Lipinski definition) is 3. The maximum absolute atomic E-state index is 6.10. The third kappa shape index (κ3) is 7.64. The van der Waals surface area contributed by atoms with E-state index in [2.05, 4.69) is 65.5 Å². The number of rotatable bonds is 10. The fourth-order valence-corrected chi connectivity index (χ4v) is 9.76. The minimum Gasteiger partial charge on any atom is -0.394 e. The van der Waals surface area contributed by atoms with E-state index in [4.69, 9.17) is 8.85 Å². The van der Waals surface area contributed by atoms with Gasteiger partial charge in [-0.3, -0.25) is 0 Å². The molecular formula is C15H36O2SSi2. The second-order valence-corrected chi connectivity index (χ2v) is 19.7. The van der Waals surface area contributed by atoms with Crippen LogP contribution in [0.1, 0.15) is 47.5 Å². The molecule has 0 aliphatic heterocycles. The molecule has 2 nitrogen and oxygen atoms in total. The van der Waals surface area contributed by atoms with E-state index >= 15 is 0 Å². The minimum atomic E-state index is -1.95. The first-order valence-corrected chi connectivity index (χ1v) is 15.2. The minimum absolute atomic E-state index is 0.449. The second kappa shape index (κ2) is 8.98. The fourth-order valence-electron chi connectivity index (χ4n) is 1.53. The zero-order chi connectivity index (χ0) is 15.9. The van der Waals surface area contributed by atoms with Gasteiger partial charge >= 0.3 is 8.56 Å². The summed E-state index contributed by atoms with van der Waals surface area (Å²) in [6.45, 7) is 20.4. The first kappa shape index (κ1) is 20.7. The normalized spacial score (nSPS) is 13.8. The van der Waals surface area contributed by atoms with Gasteiger partial charge in [0.1, 0.15) is 7.22 Å². The zero-order valence-electron chi connectivity index (χ0n) is 15.0. The highest BCUT2D eigenvalue weighted by Gasteiger charge is 2.37. The van der Waals surface area contributed by atoms with Crippen molar-refractivity contribution < 1.29 is 8.85 Å². The van der Waals surface area contributed by atoms with Gasteiger partial charge in [0, 0.05) is 13.2 Å². The van der Waals surface area contributed by atoms with Gasteiger partial charge in [-0.1, -0.05) is 47.7 Å². The molecule has 0 aliphatic carbocycles. The number of hydrogen-bond donors (Lipinski definition) is 0. The monoisotopic (exact) mass is 336 g/mol. The summed E-state index contributed by atoms with van der Waals surface area (Å²) < 4.78 is 12.2. The molecule has 0 radical (unpaired) electrons. The van der Waals surface area contributed by atoms with E-state index < -0.39 is 15.8 Å². The van der Waals surface area contributed by atoms with Gasteiger partial charge in [-0.05, 0) is 36.2 Å². The molecule has 0 heterocycles. The Morgan fingerprint density at radius 1 is 0.900 bits per heavy atom. The predicted octanol–water partition coefficient (Wildman–Crippen LogP) is 5.65. The highest BCUT2D eigenvalue weighted by atomic mass is 32.4. The first-order chi connectivity index (χ1) is 9.08. The van der Waals surface area contributed by atoms with Crippen molar-refractivity contribution in [2.75, 3.05) is 19.0 Å². The van der Waals surface area contributed by atoms with Crippen LogP contribution in [0.4, 0.5) is 0 Å². The van der Waals surface area contributed by atoms with E-state index in [0.29, 0.717) is 5.04 Å². The van der Waals surface area contributed by atoms with Gasteiger partial charge in [-0.25, -0.2) is 0 Å². The lowest BCUT2D eigenvalue weighted by Gasteiger charge is -2.37. The zero-order valence-corrected chi connectivity index (χ0v) is 17.8. The molecule has 0 aromatic carbocycles. The molecule has 122 valence electrons. The molecule has 20 heavy (non-hydrogen) atoms. The van der Waals surface area contributed by atoms with Crippen LogP contribution >= 0.6 is 11.2 Å². The molecule has 0 rings (SSSR count). The van der Waals surface area contributed by atoms with Crippen LogP contribution in [0.3, 0.4) is 0 Å². The molecule has 0 aromatic rings. The van der Waals surface area contributed by atoms with Gasteiger partial charge in [-0.15, -0.1) is 0 Å². The van der Waals surface area contributed by atoms with Crippen LogP contribution < -0.4 is 0 Å². The van der Waals surface area contributed by atoms with Gasteiger partial charge in [0.05, 0.1) is 0 Å². The Bertz CT molecular complexity index is 257. The molecule has 5 heteroatoms. The first-order valence-electron chi connectivity index (χ1n) is 8.00. The quantitative estimate of drug-likeness (QED) is 0.480. The Hall–Kier alpha value is 0.704. The highest BCUT2D eigenvalue weighted by Crippen LogP contribution is 2.43. The Balaban J connectivity index is 4.39.